The Bertz CT molecular complexity index is 846. The molecule has 1 heterocycles. The van der Waals surface area contributed by atoms with Crippen LogP contribution in [0, 0.1) is 6.92 Å². The fourth-order valence-corrected chi connectivity index (χ4v) is 2.26. The van der Waals surface area contributed by atoms with Gasteiger partial charge in [0.2, 0.25) is 0 Å². The van der Waals surface area contributed by atoms with Gasteiger partial charge < -0.3 is 10.1 Å². The molecule has 1 N–H and O–H groups in total. The molecule has 0 bridgehead atoms. The van der Waals surface area contributed by atoms with Crippen molar-refractivity contribution in [2.24, 2.45) is 0 Å². The third kappa shape index (κ3) is 3.40. The minimum Gasteiger partial charge on any atom is -0.494 e. The first kappa shape index (κ1) is 15.7. The van der Waals surface area contributed by atoms with Gasteiger partial charge >= 0.3 is 0 Å². The molecule has 1 aromatic heterocycles. The molecule has 0 aliphatic heterocycles. The van der Waals surface area contributed by atoms with Gasteiger partial charge in [-0.2, -0.15) is 0 Å². The number of carbonyl (C=O) groups excluding carboxylic acids is 1. The highest BCUT2D eigenvalue weighted by Crippen LogP contribution is 2.21. The molecule has 7 nitrogen and oxygen atoms in total. The molecule has 0 fully saturated rings. The Morgan fingerprint density at radius 1 is 1.25 bits per heavy atom. The van der Waals surface area contributed by atoms with Crippen LogP contribution >= 0.6 is 0 Å². The van der Waals surface area contributed by atoms with E-state index in [-0.39, 0.29) is 5.91 Å². The van der Waals surface area contributed by atoms with Crippen LogP contribution in [0.3, 0.4) is 0 Å². The molecular weight excluding hydrogens is 306 g/mol. The third-order valence-electron chi connectivity index (χ3n) is 3.47. The van der Waals surface area contributed by atoms with E-state index in [2.05, 4.69) is 20.8 Å². The first-order valence-corrected chi connectivity index (χ1v) is 7.55. The van der Waals surface area contributed by atoms with E-state index in [0.29, 0.717) is 23.6 Å². The molecule has 1 amide bonds. The molecule has 0 radical (unpaired) electrons. The van der Waals surface area contributed by atoms with E-state index >= 15 is 0 Å². The second kappa shape index (κ2) is 6.91. The van der Waals surface area contributed by atoms with Crippen molar-refractivity contribution in [3.63, 3.8) is 0 Å². The number of tetrazole rings is 1. The Kier molecular flexibility index (Phi) is 4.51. The van der Waals surface area contributed by atoms with E-state index in [0.717, 1.165) is 11.3 Å². The molecule has 0 unspecified atom stereocenters. The highest BCUT2D eigenvalue weighted by Gasteiger charge is 2.10. The number of rotatable bonds is 5. The molecule has 2 aromatic carbocycles. The summed E-state index contributed by atoms with van der Waals surface area (Å²) in [6.07, 6.45) is 1.50. The summed E-state index contributed by atoms with van der Waals surface area (Å²) in [5.41, 5.74) is 2.95. The maximum atomic E-state index is 12.5. The van der Waals surface area contributed by atoms with Crippen LogP contribution < -0.4 is 10.1 Å². The Morgan fingerprint density at radius 3 is 2.88 bits per heavy atom. The number of nitrogens with one attached hydrogen (secondary N) is 1. The maximum absolute atomic E-state index is 12.5. The van der Waals surface area contributed by atoms with Crippen molar-refractivity contribution < 1.29 is 9.53 Å². The number of nitrogens with zero attached hydrogens (tertiary/aromatic N) is 4. The van der Waals surface area contributed by atoms with Crippen LogP contribution in [0.5, 0.6) is 5.75 Å². The number of anilines is 1. The summed E-state index contributed by atoms with van der Waals surface area (Å²) in [6, 6.07) is 12.7. The molecule has 3 aromatic rings. The molecule has 0 aliphatic carbocycles. The van der Waals surface area contributed by atoms with Gasteiger partial charge in [0.15, 0.2) is 0 Å². The van der Waals surface area contributed by atoms with Crippen molar-refractivity contribution >= 4 is 11.6 Å². The summed E-state index contributed by atoms with van der Waals surface area (Å²) in [7, 11) is 0. The van der Waals surface area contributed by atoms with E-state index < -0.39 is 0 Å². The number of aromatic nitrogens is 4. The smallest absolute Gasteiger partial charge is 0.255 e. The normalized spacial score (nSPS) is 10.4. The van der Waals surface area contributed by atoms with Crippen LogP contribution in [-0.4, -0.2) is 32.7 Å². The first-order valence-electron chi connectivity index (χ1n) is 7.55. The van der Waals surface area contributed by atoms with Crippen LogP contribution in [0.2, 0.25) is 0 Å². The van der Waals surface area contributed by atoms with E-state index in [1.165, 1.54) is 11.0 Å². The number of hydrogen-bond donors (Lipinski definition) is 1. The fraction of sp³-hybridized carbons (Fsp3) is 0.176. The summed E-state index contributed by atoms with van der Waals surface area (Å²) in [5.74, 6) is 0.511. The van der Waals surface area contributed by atoms with Crippen molar-refractivity contribution in [3.8, 4) is 11.4 Å². The van der Waals surface area contributed by atoms with Gasteiger partial charge in [0.05, 0.1) is 12.3 Å². The van der Waals surface area contributed by atoms with Gasteiger partial charge in [-0.3, -0.25) is 4.79 Å². The highest BCUT2D eigenvalue weighted by atomic mass is 16.5. The summed E-state index contributed by atoms with van der Waals surface area (Å²) in [4.78, 5) is 12.5. The number of benzene rings is 2. The van der Waals surface area contributed by atoms with Crippen LogP contribution in [0.15, 0.2) is 48.8 Å². The summed E-state index contributed by atoms with van der Waals surface area (Å²) >= 11 is 0. The SMILES string of the molecule is CCOc1cc(C(=O)Nc2cccc(-n3cnnn3)c2)ccc1C. The molecule has 0 aliphatic rings. The van der Waals surface area contributed by atoms with Crippen molar-refractivity contribution in [1.29, 1.82) is 0 Å². The van der Waals surface area contributed by atoms with Crippen molar-refractivity contribution in [2.75, 3.05) is 11.9 Å². The molecule has 24 heavy (non-hydrogen) atoms. The largest absolute Gasteiger partial charge is 0.494 e. The zero-order valence-corrected chi connectivity index (χ0v) is 13.4. The second-order valence-electron chi connectivity index (χ2n) is 5.17. The highest BCUT2D eigenvalue weighted by molar-refractivity contribution is 6.04. The topological polar surface area (TPSA) is 81.9 Å². The second-order valence-corrected chi connectivity index (χ2v) is 5.17. The Labute approximate surface area is 139 Å². The summed E-state index contributed by atoms with van der Waals surface area (Å²) in [6.45, 7) is 4.42. The average molecular weight is 323 g/mol. The third-order valence-corrected chi connectivity index (χ3v) is 3.47. The average Bonchev–Trinajstić information content (AvgIpc) is 3.12. The number of hydrogen-bond acceptors (Lipinski definition) is 5. The van der Waals surface area contributed by atoms with Crippen LogP contribution in [0.25, 0.3) is 5.69 Å². The quantitative estimate of drug-likeness (QED) is 0.780. The lowest BCUT2D eigenvalue weighted by molar-refractivity contribution is 0.102. The zero-order chi connectivity index (χ0) is 16.9. The monoisotopic (exact) mass is 323 g/mol. The van der Waals surface area contributed by atoms with E-state index in [1.807, 2.05) is 38.1 Å². The standard InChI is InChI=1S/C17H17N5O2/c1-3-24-16-9-13(8-7-12(16)2)17(23)19-14-5-4-6-15(10-14)22-11-18-20-21-22/h4-11H,3H2,1-2H3,(H,19,23). The maximum Gasteiger partial charge on any atom is 0.255 e. The van der Waals surface area contributed by atoms with E-state index in [4.69, 9.17) is 4.74 Å². The molecule has 122 valence electrons. The lowest BCUT2D eigenvalue weighted by Gasteiger charge is -2.10. The van der Waals surface area contributed by atoms with Gasteiger partial charge in [-0.05, 0) is 60.2 Å². The van der Waals surface area contributed by atoms with E-state index in [9.17, 15) is 4.79 Å². The molecule has 7 heteroatoms. The Morgan fingerprint density at radius 2 is 2.12 bits per heavy atom. The van der Waals surface area contributed by atoms with Gasteiger partial charge in [-0.15, -0.1) is 5.10 Å². The number of aryl methyl sites for hydroxylation is 1. The predicted molar refractivity (Wildman–Crippen MR) is 89.5 cm³/mol. The Hall–Kier alpha value is -3.22. The minimum absolute atomic E-state index is 0.204. The predicted octanol–water partition coefficient (Wildman–Crippen LogP) is 2.62. The van der Waals surface area contributed by atoms with Crippen LogP contribution in [0.4, 0.5) is 5.69 Å². The van der Waals surface area contributed by atoms with Gasteiger partial charge in [-0.1, -0.05) is 12.1 Å². The van der Waals surface area contributed by atoms with Gasteiger partial charge in [0.25, 0.3) is 5.91 Å². The number of amides is 1. The zero-order valence-electron chi connectivity index (χ0n) is 13.4. The van der Waals surface area contributed by atoms with Crippen molar-refractivity contribution in [3.05, 3.63) is 59.9 Å². The van der Waals surface area contributed by atoms with Crippen LogP contribution in [0.1, 0.15) is 22.8 Å². The lowest BCUT2D eigenvalue weighted by atomic mass is 10.1. The molecule has 0 saturated carbocycles. The lowest BCUT2D eigenvalue weighted by Crippen LogP contribution is -2.12. The molecule has 3 rings (SSSR count). The van der Waals surface area contributed by atoms with Crippen molar-refractivity contribution in [1.82, 2.24) is 20.2 Å². The molecule has 0 spiro atoms. The summed E-state index contributed by atoms with van der Waals surface area (Å²) in [5, 5.41) is 13.9. The van der Waals surface area contributed by atoms with Gasteiger partial charge in [-0.25, -0.2) is 4.68 Å². The van der Waals surface area contributed by atoms with E-state index in [1.54, 1.807) is 18.2 Å². The van der Waals surface area contributed by atoms with Gasteiger partial charge in [0, 0.05) is 11.3 Å². The van der Waals surface area contributed by atoms with Gasteiger partial charge in [0.1, 0.15) is 12.1 Å². The summed E-state index contributed by atoms with van der Waals surface area (Å²) < 4.78 is 7.06. The first-order chi connectivity index (χ1) is 11.7. The molecular formula is C17H17N5O2. The number of carbonyl (C=O) groups is 1. The Balaban J connectivity index is 1.80. The van der Waals surface area contributed by atoms with Crippen LogP contribution in [-0.2, 0) is 0 Å². The fourth-order valence-electron chi connectivity index (χ4n) is 2.26. The molecule has 0 saturated heterocycles. The number of ether oxygens (including phenoxy) is 1. The minimum atomic E-state index is -0.204. The molecule has 0 atom stereocenters. The van der Waals surface area contributed by atoms with Crippen molar-refractivity contribution in [2.45, 2.75) is 13.8 Å².